The predicted octanol–water partition coefficient (Wildman–Crippen LogP) is 5.84. The van der Waals surface area contributed by atoms with Crippen LogP contribution in [0.25, 0.3) is 22.2 Å². The zero-order valence-corrected chi connectivity index (χ0v) is 17.6. The molecule has 0 fully saturated rings. The fourth-order valence-corrected chi connectivity index (χ4v) is 5.03. The maximum absolute atomic E-state index is 12.9. The summed E-state index contributed by atoms with van der Waals surface area (Å²) >= 11 is 7.37. The van der Waals surface area contributed by atoms with Gasteiger partial charge in [0.2, 0.25) is 0 Å². The number of amides is 1. The van der Waals surface area contributed by atoms with Crippen LogP contribution in [0.4, 0.5) is 0 Å². The van der Waals surface area contributed by atoms with Crippen molar-refractivity contribution in [2.45, 2.75) is 26.3 Å². The highest BCUT2D eigenvalue weighted by Crippen LogP contribution is 2.29. The average molecular weight is 422 g/mol. The molecule has 2 aromatic heterocycles. The van der Waals surface area contributed by atoms with Gasteiger partial charge in [-0.05, 0) is 72.4 Å². The van der Waals surface area contributed by atoms with Crippen molar-refractivity contribution >= 4 is 39.9 Å². The Labute approximate surface area is 178 Å². The molecule has 0 saturated heterocycles. The molecule has 0 spiro atoms. The number of carbonyl (C=O) groups excluding carboxylic acids is 1. The van der Waals surface area contributed by atoms with Crippen LogP contribution in [0.2, 0.25) is 4.34 Å². The maximum Gasteiger partial charge on any atom is 0.264 e. The number of hydrogen-bond donors (Lipinski definition) is 1. The van der Waals surface area contributed by atoms with Crippen LogP contribution in [0.3, 0.4) is 0 Å². The molecular formula is C23H20ClN3OS. The van der Waals surface area contributed by atoms with Gasteiger partial charge in [-0.1, -0.05) is 29.8 Å². The first-order chi connectivity index (χ1) is 14.1. The number of nitrogens with one attached hydrogen (secondary N) is 1. The number of rotatable bonds is 2. The van der Waals surface area contributed by atoms with Crippen LogP contribution in [-0.4, -0.2) is 27.3 Å². The van der Waals surface area contributed by atoms with E-state index in [2.05, 4.69) is 46.4 Å². The van der Waals surface area contributed by atoms with Crippen LogP contribution < -0.4 is 0 Å². The molecular weight excluding hydrogens is 402 g/mol. The Balaban J connectivity index is 1.47. The summed E-state index contributed by atoms with van der Waals surface area (Å²) in [5.41, 5.74) is 6.87. The Kier molecular flexibility index (Phi) is 4.64. The molecule has 146 valence electrons. The van der Waals surface area contributed by atoms with Gasteiger partial charge in [-0.25, -0.2) is 4.98 Å². The molecule has 1 N–H and O–H groups in total. The molecule has 2 aromatic carbocycles. The Bertz CT molecular complexity index is 1230. The van der Waals surface area contributed by atoms with Crippen molar-refractivity contribution in [2.24, 2.45) is 0 Å². The number of nitrogens with zero attached hydrogens (tertiary/aromatic N) is 2. The third-order valence-electron chi connectivity index (χ3n) is 5.45. The Morgan fingerprint density at radius 3 is 2.76 bits per heavy atom. The van der Waals surface area contributed by atoms with Crippen LogP contribution in [-0.2, 0) is 13.0 Å². The summed E-state index contributed by atoms with van der Waals surface area (Å²) in [6.45, 7) is 3.36. The Morgan fingerprint density at radius 2 is 1.93 bits per heavy atom. The van der Waals surface area contributed by atoms with Gasteiger partial charge in [0.1, 0.15) is 5.82 Å². The van der Waals surface area contributed by atoms with E-state index in [1.54, 1.807) is 6.07 Å². The second kappa shape index (κ2) is 7.32. The third-order valence-corrected chi connectivity index (χ3v) is 6.67. The lowest BCUT2D eigenvalue weighted by Gasteiger charge is -2.20. The van der Waals surface area contributed by atoms with E-state index in [0.717, 1.165) is 47.4 Å². The van der Waals surface area contributed by atoms with Crippen LogP contribution >= 0.6 is 22.9 Å². The fourth-order valence-electron chi connectivity index (χ4n) is 4.02. The van der Waals surface area contributed by atoms with E-state index in [4.69, 9.17) is 11.6 Å². The van der Waals surface area contributed by atoms with Crippen LogP contribution in [0.15, 0.2) is 48.5 Å². The molecule has 1 amide bonds. The Hall–Kier alpha value is -2.63. The smallest absolute Gasteiger partial charge is 0.264 e. The molecule has 0 aliphatic carbocycles. The minimum absolute atomic E-state index is 0.0644. The molecule has 4 aromatic rings. The molecule has 3 heterocycles. The third kappa shape index (κ3) is 3.56. The van der Waals surface area contributed by atoms with Crippen molar-refractivity contribution < 1.29 is 4.79 Å². The summed E-state index contributed by atoms with van der Waals surface area (Å²) in [7, 11) is 0. The van der Waals surface area contributed by atoms with Crippen molar-refractivity contribution in [1.82, 2.24) is 14.9 Å². The highest BCUT2D eigenvalue weighted by Gasteiger charge is 2.22. The van der Waals surface area contributed by atoms with Gasteiger partial charge in [0.25, 0.3) is 5.91 Å². The zero-order chi connectivity index (χ0) is 20.0. The first-order valence-corrected chi connectivity index (χ1v) is 10.9. The topological polar surface area (TPSA) is 49.0 Å². The largest absolute Gasteiger partial charge is 0.342 e. The molecule has 6 heteroatoms. The highest BCUT2D eigenvalue weighted by atomic mass is 35.5. The van der Waals surface area contributed by atoms with E-state index in [-0.39, 0.29) is 5.91 Å². The van der Waals surface area contributed by atoms with E-state index in [1.807, 2.05) is 17.9 Å². The lowest BCUT2D eigenvalue weighted by atomic mass is 9.97. The fraction of sp³-hybridized carbons (Fsp3) is 0.217. The van der Waals surface area contributed by atoms with Gasteiger partial charge in [0.15, 0.2) is 0 Å². The molecule has 5 rings (SSSR count). The van der Waals surface area contributed by atoms with Gasteiger partial charge in [-0.15, -0.1) is 11.3 Å². The molecule has 1 aliphatic rings. The number of imidazole rings is 1. The first kappa shape index (κ1) is 18.4. The Morgan fingerprint density at radius 1 is 1.10 bits per heavy atom. The molecule has 1 aliphatic heterocycles. The van der Waals surface area contributed by atoms with E-state index in [0.29, 0.717) is 15.8 Å². The van der Waals surface area contributed by atoms with E-state index in [1.165, 1.54) is 22.5 Å². The quantitative estimate of drug-likeness (QED) is 0.442. The molecule has 29 heavy (non-hydrogen) atoms. The number of benzene rings is 2. The molecule has 0 radical (unpaired) electrons. The number of fused-ring (bicyclic) bond motifs is 2. The van der Waals surface area contributed by atoms with Gasteiger partial charge in [-0.3, -0.25) is 4.79 Å². The maximum atomic E-state index is 12.9. The number of hydrogen-bond acceptors (Lipinski definition) is 3. The summed E-state index contributed by atoms with van der Waals surface area (Å²) < 4.78 is 0.648. The molecule has 0 saturated carbocycles. The number of thiophene rings is 1. The van der Waals surface area contributed by atoms with Crippen molar-refractivity contribution in [3.8, 4) is 11.1 Å². The summed E-state index contributed by atoms with van der Waals surface area (Å²) in [5, 5.41) is 0. The van der Waals surface area contributed by atoms with E-state index >= 15 is 0 Å². The summed E-state index contributed by atoms with van der Waals surface area (Å²) in [6, 6.07) is 16.5. The summed E-state index contributed by atoms with van der Waals surface area (Å²) in [5.74, 6) is 0.983. The molecule has 4 nitrogen and oxygen atoms in total. The zero-order valence-electron chi connectivity index (χ0n) is 16.0. The lowest BCUT2D eigenvalue weighted by Crippen LogP contribution is -2.30. The van der Waals surface area contributed by atoms with Crippen molar-refractivity contribution in [2.75, 3.05) is 6.54 Å². The van der Waals surface area contributed by atoms with E-state index < -0.39 is 0 Å². The number of halogens is 1. The summed E-state index contributed by atoms with van der Waals surface area (Å²) in [6.07, 6.45) is 1.96. The number of carbonyl (C=O) groups is 1. The van der Waals surface area contributed by atoms with E-state index in [9.17, 15) is 4.79 Å². The van der Waals surface area contributed by atoms with Gasteiger partial charge in [0.05, 0.1) is 20.2 Å². The lowest BCUT2D eigenvalue weighted by molar-refractivity contribution is 0.0751. The van der Waals surface area contributed by atoms with Crippen LogP contribution in [0, 0.1) is 6.92 Å². The number of H-pyrrole nitrogens is 1. The average Bonchev–Trinajstić information content (AvgIpc) is 3.24. The second-order valence-electron chi connectivity index (χ2n) is 7.47. The SMILES string of the molecule is Cc1nc2ccc(-c3ccc4c(c3)CN(C(=O)c3ccc(Cl)s3)CCC4)cc2[nH]1. The van der Waals surface area contributed by atoms with Gasteiger partial charge in [0, 0.05) is 13.1 Å². The minimum atomic E-state index is 0.0644. The normalized spacial score (nSPS) is 14.1. The van der Waals surface area contributed by atoms with Crippen LogP contribution in [0.5, 0.6) is 0 Å². The second-order valence-corrected chi connectivity index (χ2v) is 9.19. The number of aryl methyl sites for hydroxylation is 2. The standard InChI is InChI=1S/C23H20ClN3OS/c1-14-25-19-7-6-17(12-20(19)26-14)16-5-4-15-3-2-10-27(13-18(15)11-16)23(28)21-8-9-22(24)29-21/h4-9,11-12H,2-3,10,13H2,1H3,(H,25,26). The molecule has 0 atom stereocenters. The van der Waals surface area contributed by atoms with Gasteiger partial charge in [-0.2, -0.15) is 0 Å². The predicted molar refractivity (Wildman–Crippen MR) is 119 cm³/mol. The van der Waals surface area contributed by atoms with Crippen molar-refractivity contribution in [3.63, 3.8) is 0 Å². The van der Waals surface area contributed by atoms with Crippen LogP contribution in [0.1, 0.15) is 33.0 Å². The minimum Gasteiger partial charge on any atom is -0.342 e. The number of aromatic amines is 1. The molecule has 0 bridgehead atoms. The van der Waals surface area contributed by atoms with Gasteiger partial charge >= 0.3 is 0 Å². The monoisotopic (exact) mass is 421 g/mol. The molecule has 0 unspecified atom stereocenters. The highest BCUT2D eigenvalue weighted by molar-refractivity contribution is 7.17. The van der Waals surface area contributed by atoms with Crippen molar-refractivity contribution in [3.05, 3.63) is 74.7 Å². The van der Waals surface area contributed by atoms with Crippen molar-refractivity contribution in [1.29, 1.82) is 0 Å². The summed E-state index contributed by atoms with van der Waals surface area (Å²) in [4.78, 5) is 23.4. The van der Waals surface area contributed by atoms with Gasteiger partial charge < -0.3 is 9.88 Å². The first-order valence-electron chi connectivity index (χ1n) is 9.70. The number of aromatic nitrogens is 2.